The zero-order valence-electron chi connectivity index (χ0n) is 16.2. The van der Waals surface area contributed by atoms with Crippen molar-refractivity contribution in [3.63, 3.8) is 0 Å². The number of nitrogens with zero attached hydrogens (tertiary/aromatic N) is 2. The van der Waals surface area contributed by atoms with Gasteiger partial charge in [-0.05, 0) is 49.1 Å². The Hall–Kier alpha value is -2.82. The molecule has 1 N–H and O–H groups in total. The van der Waals surface area contributed by atoms with Crippen LogP contribution in [0.5, 0.6) is 5.75 Å². The summed E-state index contributed by atoms with van der Waals surface area (Å²) < 4.78 is 8.07. The molecular formula is C22H27N3O2. The van der Waals surface area contributed by atoms with Crippen LogP contribution in [0.1, 0.15) is 50.5 Å². The molecule has 27 heavy (non-hydrogen) atoms. The van der Waals surface area contributed by atoms with Crippen LogP contribution in [0, 0.1) is 0 Å². The van der Waals surface area contributed by atoms with E-state index < -0.39 is 0 Å². The van der Waals surface area contributed by atoms with Crippen molar-refractivity contribution in [3.8, 4) is 5.75 Å². The molecule has 0 spiro atoms. The number of nitrogens with one attached hydrogen (secondary N) is 1. The van der Waals surface area contributed by atoms with Gasteiger partial charge in [0.1, 0.15) is 18.2 Å². The summed E-state index contributed by atoms with van der Waals surface area (Å²) in [6.45, 7) is 7.55. The summed E-state index contributed by atoms with van der Waals surface area (Å²) in [5.74, 6) is 2.26. The van der Waals surface area contributed by atoms with Crippen molar-refractivity contribution in [2.75, 3.05) is 6.61 Å². The number of hydrogen-bond acceptors (Lipinski definition) is 3. The van der Waals surface area contributed by atoms with E-state index in [0.29, 0.717) is 25.5 Å². The third-order valence-corrected chi connectivity index (χ3v) is 5.03. The lowest BCUT2D eigenvalue weighted by molar-refractivity contribution is -0.110. The third kappa shape index (κ3) is 4.30. The van der Waals surface area contributed by atoms with Crippen LogP contribution in [-0.4, -0.2) is 22.6 Å². The van der Waals surface area contributed by atoms with Crippen molar-refractivity contribution in [2.24, 2.45) is 0 Å². The normalized spacial score (nSPS) is 13.3. The zero-order chi connectivity index (χ0) is 19.2. The SMILES string of the molecule is CC[C@H](C)c1ccc(OCCn2c([C@@H](C)NC=O)nc3ccccc32)cc1. The van der Waals surface area contributed by atoms with Crippen LogP contribution in [0.2, 0.25) is 0 Å². The molecule has 5 nitrogen and oxygen atoms in total. The van der Waals surface area contributed by atoms with Gasteiger partial charge in [-0.3, -0.25) is 4.79 Å². The maximum atomic E-state index is 10.8. The van der Waals surface area contributed by atoms with E-state index in [1.165, 1.54) is 5.56 Å². The molecule has 1 amide bonds. The second-order valence-corrected chi connectivity index (χ2v) is 6.84. The van der Waals surface area contributed by atoms with Crippen LogP contribution in [0.3, 0.4) is 0 Å². The Morgan fingerprint density at radius 1 is 1.15 bits per heavy atom. The highest BCUT2D eigenvalue weighted by Crippen LogP contribution is 2.23. The lowest BCUT2D eigenvalue weighted by Gasteiger charge is -2.15. The zero-order valence-corrected chi connectivity index (χ0v) is 16.2. The van der Waals surface area contributed by atoms with Gasteiger partial charge >= 0.3 is 0 Å². The number of para-hydroxylation sites is 2. The predicted molar refractivity (Wildman–Crippen MR) is 108 cm³/mol. The van der Waals surface area contributed by atoms with Crippen LogP contribution < -0.4 is 10.1 Å². The fourth-order valence-corrected chi connectivity index (χ4v) is 3.22. The number of carbonyl (C=O) groups excluding carboxylic acids is 1. The van der Waals surface area contributed by atoms with Crippen molar-refractivity contribution in [1.82, 2.24) is 14.9 Å². The lowest BCUT2D eigenvalue weighted by Crippen LogP contribution is -2.21. The number of aromatic nitrogens is 2. The van der Waals surface area contributed by atoms with Crippen LogP contribution >= 0.6 is 0 Å². The van der Waals surface area contributed by atoms with E-state index in [1.54, 1.807) is 0 Å². The second kappa shape index (κ2) is 8.71. The highest BCUT2D eigenvalue weighted by Gasteiger charge is 2.16. The molecule has 2 atom stereocenters. The highest BCUT2D eigenvalue weighted by atomic mass is 16.5. The number of rotatable bonds is 9. The molecule has 2 aromatic carbocycles. The summed E-state index contributed by atoms with van der Waals surface area (Å²) in [4.78, 5) is 15.5. The van der Waals surface area contributed by atoms with E-state index in [2.05, 4.69) is 40.8 Å². The molecule has 0 aliphatic carbocycles. The average Bonchev–Trinajstić information content (AvgIpc) is 3.07. The topological polar surface area (TPSA) is 56.1 Å². The lowest BCUT2D eigenvalue weighted by atomic mass is 9.99. The fourth-order valence-electron chi connectivity index (χ4n) is 3.22. The molecular weight excluding hydrogens is 338 g/mol. The van der Waals surface area contributed by atoms with Gasteiger partial charge in [-0.2, -0.15) is 0 Å². The molecule has 5 heteroatoms. The largest absolute Gasteiger partial charge is 0.492 e. The monoisotopic (exact) mass is 365 g/mol. The minimum atomic E-state index is -0.162. The van der Waals surface area contributed by atoms with Gasteiger partial charge in [0.05, 0.1) is 23.6 Å². The minimum absolute atomic E-state index is 0.162. The third-order valence-electron chi connectivity index (χ3n) is 5.03. The summed E-state index contributed by atoms with van der Waals surface area (Å²) in [5.41, 5.74) is 3.30. The predicted octanol–water partition coefficient (Wildman–Crippen LogP) is 4.44. The first-order valence-electron chi connectivity index (χ1n) is 9.51. The van der Waals surface area contributed by atoms with Crippen molar-refractivity contribution in [2.45, 2.75) is 45.7 Å². The van der Waals surface area contributed by atoms with Crippen molar-refractivity contribution in [3.05, 3.63) is 59.9 Å². The standard InChI is InChI=1S/C22H27N3O2/c1-4-16(2)18-9-11-19(12-10-18)27-14-13-25-21-8-6-5-7-20(21)24-22(25)17(3)23-15-26/h5-12,15-17H,4,13-14H2,1-3H3,(H,23,26)/t16-,17+/m0/s1. The number of carbonyl (C=O) groups is 1. The molecule has 0 radical (unpaired) electrons. The summed E-state index contributed by atoms with van der Waals surface area (Å²) in [6, 6.07) is 16.2. The molecule has 0 saturated heterocycles. The van der Waals surface area contributed by atoms with Gasteiger partial charge in [0.15, 0.2) is 0 Å². The Bertz CT molecular complexity index is 886. The van der Waals surface area contributed by atoms with Gasteiger partial charge in [-0.1, -0.05) is 38.1 Å². The maximum absolute atomic E-state index is 10.8. The van der Waals surface area contributed by atoms with E-state index in [1.807, 2.05) is 43.3 Å². The molecule has 3 aromatic rings. The number of benzene rings is 2. The van der Waals surface area contributed by atoms with Crippen LogP contribution in [0.15, 0.2) is 48.5 Å². The number of ether oxygens (including phenoxy) is 1. The van der Waals surface area contributed by atoms with Gasteiger partial charge in [-0.25, -0.2) is 4.98 Å². The van der Waals surface area contributed by atoms with Gasteiger partial charge in [-0.15, -0.1) is 0 Å². The summed E-state index contributed by atoms with van der Waals surface area (Å²) >= 11 is 0. The van der Waals surface area contributed by atoms with Gasteiger partial charge in [0.25, 0.3) is 0 Å². The second-order valence-electron chi connectivity index (χ2n) is 6.84. The van der Waals surface area contributed by atoms with Crippen LogP contribution in [0.25, 0.3) is 11.0 Å². The molecule has 0 aliphatic heterocycles. The van der Waals surface area contributed by atoms with E-state index in [4.69, 9.17) is 4.74 Å². The smallest absolute Gasteiger partial charge is 0.207 e. The molecule has 0 bridgehead atoms. The number of amides is 1. The first kappa shape index (κ1) is 19.0. The first-order valence-corrected chi connectivity index (χ1v) is 9.51. The van der Waals surface area contributed by atoms with E-state index in [9.17, 15) is 4.79 Å². The highest BCUT2D eigenvalue weighted by molar-refractivity contribution is 5.76. The summed E-state index contributed by atoms with van der Waals surface area (Å²) in [6.07, 6.45) is 1.84. The van der Waals surface area contributed by atoms with E-state index >= 15 is 0 Å². The Morgan fingerprint density at radius 2 is 1.89 bits per heavy atom. The summed E-state index contributed by atoms with van der Waals surface area (Å²) in [7, 11) is 0. The fraction of sp³-hybridized carbons (Fsp3) is 0.364. The number of hydrogen-bond donors (Lipinski definition) is 1. The number of fused-ring (bicyclic) bond motifs is 1. The van der Waals surface area contributed by atoms with E-state index in [0.717, 1.165) is 29.0 Å². The van der Waals surface area contributed by atoms with Crippen LogP contribution in [-0.2, 0) is 11.3 Å². The van der Waals surface area contributed by atoms with Crippen LogP contribution in [0.4, 0.5) is 0 Å². The van der Waals surface area contributed by atoms with Crippen molar-refractivity contribution in [1.29, 1.82) is 0 Å². The van der Waals surface area contributed by atoms with Crippen molar-refractivity contribution < 1.29 is 9.53 Å². The molecule has 0 unspecified atom stereocenters. The Labute approximate surface area is 160 Å². The minimum Gasteiger partial charge on any atom is -0.492 e. The number of imidazole rings is 1. The Kier molecular flexibility index (Phi) is 6.12. The molecule has 0 fully saturated rings. The molecule has 142 valence electrons. The quantitative estimate of drug-likeness (QED) is 0.571. The van der Waals surface area contributed by atoms with Gasteiger partial charge in [0, 0.05) is 0 Å². The molecule has 1 heterocycles. The maximum Gasteiger partial charge on any atom is 0.207 e. The van der Waals surface area contributed by atoms with Crippen molar-refractivity contribution >= 4 is 17.4 Å². The molecule has 1 aromatic heterocycles. The molecule has 0 saturated carbocycles. The Balaban J connectivity index is 1.72. The average molecular weight is 365 g/mol. The Morgan fingerprint density at radius 3 is 2.59 bits per heavy atom. The molecule has 3 rings (SSSR count). The molecule has 0 aliphatic rings. The first-order chi connectivity index (χ1) is 13.1. The van der Waals surface area contributed by atoms with E-state index in [-0.39, 0.29) is 6.04 Å². The van der Waals surface area contributed by atoms with Gasteiger partial charge < -0.3 is 14.6 Å². The van der Waals surface area contributed by atoms with Gasteiger partial charge in [0.2, 0.25) is 6.41 Å². The summed E-state index contributed by atoms with van der Waals surface area (Å²) in [5, 5.41) is 2.79.